The maximum Gasteiger partial charge on any atom is 0.0101 e. The summed E-state index contributed by atoms with van der Waals surface area (Å²) in [5.41, 5.74) is 0. The van der Waals surface area contributed by atoms with Crippen LogP contribution in [0.25, 0.3) is 0 Å². The largest absolute Gasteiger partial charge is 0.311 e. The Labute approximate surface area is 55.8 Å². The minimum Gasteiger partial charge on any atom is -0.311 e. The molecule has 1 saturated heterocycles. The van der Waals surface area contributed by atoms with Gasteiger partial charge in [-0.25, -0.2) is 0 Å². The molecule has 50 valence electrons. The quantitative estimate of drug-likeness (QED) is 0.509. The van der Waals surface area contributed by atoms with Crippen LogP contribution >= 0.6 is 0 Å². The minimum atomic E-state index is 0.961. The molecule has 9 heavy (non-hydrogen) atoms. The van der Waals surface area contributed by atoms with Gasteiger partial charge in [-0.15, -0.1) is 0 Å². The van der Waals surface area contributed by atoms with Crippen molar-refractivity contribution < 1.29 is 0 Å². The third-order valence-corrected chi connectivity index (χ3v) is 3.63. The Kier molecular flexibility index (Phi) is 0.704. The van der Waals surface area contributed by atoms with Crippen LogP contribution in [0.4, 0.5) is 0 Å². The second kappa shape index (κ2) is 1.34. The Balaban J connectivity index is 1.87. The SMILES string of the molecule is C1CC2C1NC1CCC12. The number of nitrogens with one attached hydrogen (secondary N) is 1. The minimum absolute atomic E-state index is 0.961. The van der Waals surface area contributed by atoms with E-state index in [9.17, 15) is 0 Å². The number of fused-ring (bicyclic) bond motifs is 3. The predicted octanol–water partition coefficient (Wildman–Crippen LogP) is 1.15. The lowest BCUT2D eigenvalue weighted by Crippen LogP contribution is -2.37. The summed E-state index contributed by atoms with van der Waals surface area (Å²) < 4.78 is 0. The lowest BCUT2D eigenvalue weighted by molar-refractivity contribution is 0.172. The Morgan fingerprint density at radius 3 is 1.56 bits per heavy atom. The number of rotatable bonds is 0. The molecule has 0 aromatic carbocycles. The van der Waals surface area contributed by atoms with Crippen molar-refractivity contribution in [3.8, 4) is 0 Å². The molecule has 4 atom stereocenters. The van der Waals surface area contributed by atoms with Crippen LogP contribution in [0, 0.1) is 11.8 Å². The van der Waals surface area contributed by atoms with Gasteiger partial charge in [0, 0.05) is 12.1 Å². The highest BCUT2D eigenvalue weighted by molar-refractivity contribution is 5.07. The molecule has 1 aliphatic heterocycles. The number of hydrogen-bond acceptors (Lipinski definition) is 1. The van der Waals surface area contributed by atoms with Crippen LogP contribution in [0.15, 0.2) is 0 Å². The maximum absolute atomic E-state index is 3.69. The van der Waals surface area contributed by atoms with Gasteiger partial charge in [-0.2, -0.15) is 0 Å². The van der Waals surface area contributed by atoms with Gasteiger partial charge in [0.25, 0.3) is 0 Å². The van der Waals surface area contributed by atoms with Gasteiger partial charge in [0.1, 0.15) is 0 Å². The smallest absolute Gasteiger partial charge is 0.0101 e. The first kappa shape index (κ1) is 4.73. The van der Waals surface area contributed by atoms with E-state index in [2.05, 4.69) is 5.32 Å². The van der Waals surface area contributed by atoms with Gasteiger partial charge >= 0.3 is 0 Å². The van der Waals surface area contributed by atoms with Crippen molar-refractivity contribution in [1.82, 2.24) is 5.32 Å². The average molecular weight is 123 g/mol. The molecule has 0 spiro atoms. The van der Waals surface area contributed by atoms with Crippen molar-refractivity contribution in [2.75, 3.05) is 0 Å². The van der Waals surface area contributed by atoms with Gasteiger partial charge < -0.3 is 5.32 Å². The van der Waals surface area contributed by atoms with Gasteiger partial charge in [-0.05, 0) is 37.5 Å². The van der Waals surface area contributed by atoms with E-state index in [-0.39, 0.29) is 0 Å². The zero-order chi connectivity index (χ0) is 5.84. The Hall–Kier alpha value is -0.0400. The molecule has 1 N–H and O–H groups in total. The molecular weight excluding hydrogens is 110 g/mol. The highest BCUT2D eigenvalue weighted by atomic mass is 15.1. The molecule has 3 aliphatic rings. The summed E-state index contributed by atoms with van der Waals surface area (Å²) in [5.74, 6) is 2.23. The van der Waals surface area contributed by atoms with E-state index in [1.807, 2.05) is 0 Å². The van der Waals surface area contributed by atoms with Gasteiger partial charge in [-0.3, -0.25) is 0 Å². The normalized spacial score (nSPS) is 61.3. The molecule has 2 aliphatic carbocycles. The van der Waals surface area contributed by atoms with Crippen LogP contribution in [-0.2, 0) is 0 Å². The molecular formula is C8H13N. The lowest BCUT2D eigenvalue weighted by Gasteiger charge is -2.36. The summed E-state index contributed by atoms with van der Waals surface area (Å²) in [6, 6.07) is 1.92. The first-order valence-corrected chi connectivity index (χ1v) is 4.21. The van der Waals surface area contributed by atoms with E-state index in [1.165, 1.54) is 25.7 Å². The molecule has 0 aromatic heterocycles. The predicted molar refractivity (Wildman–Crippen MR) is 36.2 cm³/mol. The summed E-state index contributed by atoms with van der Waals surface area (Å²) in [4.78, 5) is 0. The van der Waals surface area contributed by atoms with Gasteiger partial charge in [0.2, 0.25) is 0 Å². The van der Waals surface area contributed by atoms with Crippen LogP contribution < -0.4 is 5.32 Å². The van der Waals surface area contributed by atoms with E-state index in [0.717, 1.165) is 23.9 Å². The molecule has 0 aromatic rings. The second-order valence-corrected chi connectivity index (χ2v) is 3.86. The second-order valence-electron chi connectivity index (χ2n) is 3.86. The van der Waals surface area contributed by atoms with Crippen LogP contribution in [0.5, 0.6) is 0 Å². The third-order valence-electron chi connectivity index (χ3n) is 3.63. The fraction of sp³-hybridized carbons (Fsp3) is 1.00. The highest BCUT2D eigenvalue weighted by Crippen LogP contribution is 2.49. The lowest BCUT2D eigenvalue weighted by atomic mass is 9.67. The van der Waals surface area contributed by atoms with Crippen molar-refractivity contribution in [1.29, 1.82) is 0 Å². The molecule has 1 heteroatoms. The zero-order valence-corrected chi connectivity index (χ0v) is 5.64. The summed E-state index contributed by atoms with van der Waals surface area (Å²) in [5, 5.41) is 3.69. The topological polar surface area (TPSA) is 12.0 Å². The molecule has 4 unspecified atom stereocenters. The van der Waals surface area contributed by atoms with Crippen LogP contribution in [0.2, 0.25) is 0 Å². The van der Waals surface area contributed by atoms with E-state index in [0.29, 0.717) is 0 Å². The van der Waals surface area contributed by atoms with E-state index in [1.54, 1.807) is 0 Å². The Morgan fingerprint density at radius 2 is 1.33 bits per heavy atom. The Morgan fingerprint density at radius 1 is 0.778 bits per heavy atom. The van der Waals surface area contributed by atoms with Crippen LogP contribution in [0.1, 0.15) is 25.7 Å². The van der Waals surface area contributed by atoms with E-state index < -0.39 is 0 Å². The summed E-state index contributed by atoms with van der Waals surface area (Å²) in [6.45, 7) is 0. The van der Waals surface area contributed by atoms with Crippen molar-refractivity contribution in [2.24, 2.45) is 11.8 Å². The molecule has 2 saturated carbocycles. The standard InChI is InChI=1S/C8H13N/c1-3-7-5(1)6-2-4-8(6)9-7/h5-9H,1-4H2. The molecule has 3 rings (SSSR count). The fourth-order valence-electron chi connectivity index (χ4n) is 2.77. The molecule has 3 fully saturated rings. The fourth-order valence-corrected chi connectivity index (χ4v) is 2.77. The number of hydrogen-bond donors (Lipinski definition) is 1. The molecule has 0 bridgehead atoms. The van der Waals surface area contributed by atoms with Crippen molar-refractivity contribution >= 4 is 0 Å². The van der Waals surface area contributed by atoms with Crippen molar-refractivity contribution in [3.05, 3.63) is 0 Å². The van der Waals surface area contributed by atoms with E-state index in [4.69, 9.17) is 0 Å². The van der Waals surface area contributed by atoms with Crippen LogP contribution in [0.3, 0.4) is 0 Å². The maximum atomic E-state index is 3.69. The zero-order valence-electron chi connectivity index (χ0n) is 5.64. The van der Waals surface area contributed by atoms with Gasteiger partial charge in [-0.1, -0.05) is 0 Å². The van der Waals surface area contributed by atoms with Crippen LogP contribution in [-0.4, -0.2) is 12.1 Å². The highest BCUT2D eigenvalue weighted by Gasteiger charge is 2.51. The Bertz CT molecular complexity index is 128. The molecule has 0 radical (unpaired) electrons. The van der Waals surface area contributed by atoms with Gasteiger partial charge in [0.15, 0.2) is 0 Å². The van der Waals surface area contributed by atoms with Gasteiger partial charge in [0.05, 0.1) is 0 Å². The molecule has 1 nitrogen and oxygen atoms in total. The molecule has 0 amide bonds. The monoisotopic (exact) mass is 123 g/mol. The first-order valence-electron chi connectivity index (χ1n) is 4.21. The average Bonchev–Trinajstić information content (AvgIpc) is 1.88. The van der Waals surface area contributed by atoms with Crippen molar-refractivity contribution in [2.45, 2.75) is 37.8 Å². The molecule has 1 heterocycles. The van der Waals surface area contributed by atoms with Crippen molar-refractivity contribution in [3.63, 3.8) is 0 Å². The summed E-state index contributed by atoms with van der Waals surface area (Å²) in [6.07, 6.45) is 5.99. The third kappa shape index (κ3) is 0.420. The summed E-state index contributed by atoms with van der Waals surface area (Å²) in [7, 11) is 0. The summed E-state index contributed by atoms with van der Waals surface area (Å²) >= 11 is 0. The van der Waals surface area contributed by atoms with E-state index >= 15 is 0 Å². The first-order chi connectivity index (χ1) is 4.45.